The Balaban J connectivity index is 1.62. The van der Waals surface area contributed by atoms with Crippen molar-refractivity contribution >= 4 is 17.5 Å². The van der Waals surface area contributed by atoms with E-state index in [0.29, 0.717) is 30.3 Å². The number of nitrogens with zero attached hydrogens (tertiary/aromatic N) is 1. The minimum Gasteiger partial charge on any atom is -0.493 e. The Morgan fingerprint density at radius 1 is 1.11 bits per heavy atom. The number of anilines is 1. The first-order valence-electron chi connectivity index (χ1n) is 8.86. The van der Waals surface area contributed by atoms with Gasteiger partial charge in [-0.2, -0.15) is 0 Å². The number of benzene rings is 2. The number of hydrogen-bond acceptors (Lipinski definition) is 4. The Bertz CT molecular complexity index is 833. The van der Waals surface area contributed by atoms with E-state index in [4.69, 9.17) is 9.47 Å². The second kappa shape index (κ2) is 8.12. The van der Waals surface area contributed by atoms with Crippen molar-refractivity contribution in [2.45, 2.75) is 19.9 Å². The normalized spacial score (nSPS) is 16.3. The van der Waals surface area contributed by atoms with Gasteiger partial charge in [-0.15, -0.1) is 0 Å². The summed E-state index contributed by atoms with van der Waals surface area (Å²) in [5, 5.41) is 2.87. The van der Waals surface area contributed by atoms with Gasteiger partial charge in [-0.3, -0.25) is 9.59 Å². The number of carbonyl (C=O) groups is 2. The van der Waals surface area contributed by atoms with Crippen LogP contribution >= 0.6 is 0 Å². The lowest BCUT2D eigenvalue weighted by molar-refractivity contribution is -0.128. The first-order chi connectivity index (χ1) is 13.0. The molecule has 2 aromatic carbocycles. The summed E-state index contributed by atoms with van der Waals surface area (Å²) in [5.74, 6) is 0.607. The van der Waals surface area contributed by atoms with Crippen molar-refractivity contribution in [1.29, 1.82) is 0 Å². The lowest BCUT2D eigenvalue weighted by atomic mass is 10.1. The summed E-state index contributed by atoms with van der Waals surface area (Å²) >= 11 is 0. The van der Waals surface area contributed by atoms with E-state index in [1.54, 1.807) is 37.3 Å². The first-order valence-corrected chi connectivity index (χ1v) is 8.86. The summed E-state index contributed by atoms with van der Waals surface area (Å²) in [6.07, 6.45) is 0.227. The number of hydrogen-bond donors (Lipinski definition) is 1. The van der Waals surface area contributed by atoms with Crippen molar-refractivity contribution in [3.8, 4) is 11.5 Å². The predicted octanol–water partition coefficient (Wildman–Crippen LogP) is 3.00. The molecule has 1 fully saturated rings. The highest BCUT2D eigenvalue weighted by atomic mass is 16.5. The maximum Gasteiger partial charge on any atom is 0.229 e. The minimum atomic E-state index is -0.365. The number of carbonyl (C=O) groups excluding carboxylic acids is 2. The topological polar surface area (TPSA) is 67.9 Å². The maximum atomic E-state index is 12.6. The molecule has 1 saturated heterocycles. The second-order valence-corrected chi connectivity index (χ2v) is 6.72. The van der Waals surface area contributed by atoms with E-state index in [9.17, 15) is 9.59 Å². The van der Waals surface area contributed by atoms with Crippen LogP contribution in [-0.4, -0.2) is 37.5 Å². The average molecular weight is 368 g/mol. The Labute approximate surface area is 159 Å². The highest BCUT2D eigenvalue weighted by molar-refractivity contribution is 5.97. The lowest BCUT2D eigenvalue weighted by Gasteiger charge is -2.17. The van der Waals surface area contributed by atoms with Gasteiger partial charge in [0.15, 0.2) is 11.5 Å². The molecule has 1 aliphatic heterocycles. The fourth-order valence-electron chi connectivity index (χ4n) is 3.17. The highest BCUT2D eigenvalue weighted by Crippen LogP contribution is 2.30. The molecule has 0 radical (unpaired) electrons. The number of methoxy groups -OCH3 is 2. The molecule has 1 heterocycles. The molecule has 0 aliphatic carbocycles. The molecule has 3 rings (SSSR count). The predicted molar refractivity (Wildman–Crippen MR) is 103 cm³/mol. The Morgan fingerprint density at radius 3 is 2.48 bits per heavy atom. The van der Waals surface area contributed by atoms with Crippen molar-refractivity contribution in [2.75, 3.05) is 26.1 Å². The van der Waals surface area contributed by atoms with E-state index in [1.807, 2.05) is 31.2 Å². The van der Waals surface area contributed by atoms with Gasteiger partial charge in [0.2, 0.25) is 11.8 Å². The summed E-state index contributed by atoms with van der Waals surface area (Å²) in [6.45, 7) is 2.98. The summed E-state index contributed by atoms with van der Waals surface area (Å²) in [7, 11) is 3.10. The summed E-state index contributed by atoms with van der Waals surface area (Å²) < 4.78 is 10.5. The largest absolute Gasteiger partial charge is 0.493 e. The van der Waals surface area contributed by atoms with E-state index in [1.165, 1.54) is 5.56 Å². The van der Waals surface area contributed by atoms with Crippen LogP contribution in [0.4, 0.5) is 5.69 Å². The van der Waals surface area contributed by atoms with Gasteiger partial charge in [-0.25, -0.2) is 0 Å². The molecule has 0 saturated carbocycles. The number of ether oxygens (including phenoxy) is 2. The highest BCUT2D eigenvalue weighted by Gasteiger charge is 2.34. The second-order valence-electron chi connectivity index (χ2n) is 6.72. The molecular weight excluding hydrogens is 344 g/mol. The Kier molecular flexibility index (Phi) is 5.64. The average Bonchev–Trinajstić information content (AvgIpc) is 3.04. The number of likely N-dealkylation sites (tertiary alicyclic amines) is 1. The molecule has 1 N–H and O–H groups in total. The summed E-state index contributed by atoms with van der Waals surface area (Å²) in [5.41, 5.74) is 2.86. The SMILES string of the molecule is COc1ccc(NC(=O)[C@H]2CC(=O)N(Cc3ccc(C)cc3)C2)cc1OC. The van der Waals surface area contributed by atoms with Crippen LogP contribution in [0.5, 0.6) is 11.5 Å². The minimum absolute atomic E-state index is 0.00281. The van der Waals surface area contributed by atoms with E-state index in [2.05, 4.69) is 5.32 Å². The molecule has 142 valence electrons. The lowest BCUT2D eigenvalue weighted by Crippen LogP contribution is -2.28. The number of amides is 2. The Hall–Kier alpha value is -3.02. The molecule has 2 amide bonds. The van der Waals surface area contributed by atoms with E-state index in [-0.39, 0.29) is 24.2 Å². The van der Waals surface area contributed by atoms with E-state index in [0.717, 1.165) is 5.56 Å². The monoisotopic (exact) mass is 368 g/mol. The Morgan fingerprint density at radius 2 is 1.81 bits per heavy atom. The summed E-state index contributed by atoms with van der Waals surface area (Å²) in [6, 6.07) is 13.3. The van der Waals surface area contributed by atoms with Crippen LogP contribution in [0, 0.1) is 12.8 Å². The number of rotatable bonds is 6. The maximum absolute atomic E-state index is 12.6. The molecule has 1 atom stereocenters. The van der Waals surface area contributed by atoms with Crippen molar-refractivity contribution in [2.24, 2.45) is 5.92 Å². The molecule has 6 nitrogen and oxygen atoms in total. The van der Waals surface area contributed by atoms with Crippen LogP contribution in [0.1, 0.15) is 17.5 Å². The van der Waals surface area contributed by atoms with Gasteiger partial charge < -0.3 is 19.7 Å². The quantitative estimate of drug-likeness (QED) is 0.851. The zero-order valence-corrected chi connectivity index (χ0v) is 15.8. The molecule has 2 aromatic rings. The fourth-order valence-corrected chi connectivity index (χ4v) is 3.17. The molecule has 27 heavy (non-hydrogen) atoms. The molecule has 6 heteroatoms. The van der Waals surface area contributed by atoms with Crippen LogP contribution in [-0.2, 0) is 16.1 Å². The van der Waals surface area contributed by atoms with Crippen molar-refractivity contribution in [3.63, 3.8) is 0 Å². The molecule has 1 aliphatic rings. The van der Waals surface area contributed by atoms with Crippen molar-refractivity contribution in [1.82, 2.24) is 4.90 Å². The van der Waals surface area contributed by atoms with Gasteiger partial charge in [0, 0.05) is 31.3 Å². The van der Waals surface area contributed by atoms with Gasteiger partial charge >= 0.3 is 0 Å². The van der Waals surface area contributed by atoms with Crippen LogP contribution < -0.4 is 14.8 Å². The zero-order valence-electron chi connectivity index (χ0n) is 15.8. The van der Waals surface area contributed by atoms with Crippen LogP contribution in [0.25, 0.3) is 0 Å². The molecule has 0 bridgehead atoms. The van der Waals surface area contributed by atoms with E-state index < -0.39 is 0 Å². The molecule has 0 spiro atoms. The van der Waals surface area contributed by atoms with Gasteiger partial charge in [0.05, 0.1) is 20.1 Å². The van der Waals surface area contributed by atoms with Gasteiger partial charge in [0.25, 0.3) is 0 Å². The molecule has 0 unspecified atom stereocenters. The summed E-state index contributed by atoms with van der Waals surface area (Å²) in [4.78, 5) is 26.6. The number of aryl methyl sites for hydroxylation is 1. The number of nitrogens with one attached hydrogen (secondary N) is 1. The third kappa shape index (κ3) is 4.39. The first kappa shape index (κ1) is 18.8. The van der Waals surface area contributed by atoms with Crippen LogP contribution in [0.15, 0.2) is 42.5 Å². The van der Waals surface area contributed by atoms with Crippen LogP contribution in [0.3, 0.4) is 0 Å². The van der Waals surface area contributed by atoms with Crippen LogP contribution in [0.2, 0.25) is 0 Å². The van der Waals surface area contributed by atoms with Gasteiger partial charge in [-0.1, -0.05) is 29.8 Å². The van der Waals surface area contributed by atoms with Crippen molar-refractivity contribution in [3.05, 3.63) is 53.6 Å². The third-order valence-corrected chi connectivity index (χ3v) is 4.73. The zero-order chi connectivity index (χ0) is 19.4. The smallest absolute Gasteiger partial charge is 0.229 e. The third-order valence-electron chi connectivity index (χ3n) is 4.73. The van der Waals surface area contributed by atoms with Gasteiger partial charge in [0.1, 0.15) is 0 Å². The molecular formula is C21H24N2O4. The standard InChI is InChI=1S/C21H24N2O4/c1-14-4-6-15(7-5-14)12-23-13-16(10-20(23)24)21(25)22-17-8-9-18(26-2)19(11-17)27-3/h4-9,11,16H,10,12-13H2,1-3H3,(H,22,25)/t16-/m0/s1. The van der Waals surface area contributed by atoms with Gasteiger partial charge in [-0.05, 0) is 24.6 Å². The fraction of sp³-hybridized carbons (Fsp3) is 0.333. The van der Waals surface area contributed by atoms with Crippen molar-refractivity contribution < 1.29 is 19.1 Å². The van der Waals surface area contributed by atoms with E-state index >= 15 is 0 Å². The molecule has 0 aromatic heterocycles.